The fourth-order valence-electron chi connectivity index (χ4n) is 0.642. The molecule has 0 aromatic heterocycles. The van der Waals surface area contributed by atoms with Crippen LogP contribution in [0.25, 0.3) is 0 Å². The van der Waals surface area contributed by atoms with Crippen molar-refractivity contribution >= 4 is 0 Å². The summed E-state index contributed by atoms with van der Waals surface area (Å²) in [7, 11) is 0. The van der Waals surface area contributed by atoms with Crippen LogP contribution in [0.4, 0.5) is 0 Å². The minimum Gasteiger partial charge on any atom is -0.748 e. The number of hydrogen-bond donors (Lipinski definition) is 0. The van der Waals surface area contributed by atoms with Crippen LogP contribution in [-0.4, -0.2) is 0 Å². The Morgan fingerprint density at radius 1 is 0.667 bits per heavy atom. The average Bonchev–Trinajstić information content (AvgIpc) is 3.01. The maximum atomic E-state index is 7.50. The number of hydrogen-bond acceptors (Lipinski definition) is 0. The smallest absolute Gasteiger partial charge is 0 e. The molecule has 0 radical (unpaired) electrons. The van der Waals surface area contributed by atoms with Gasteiger partial charge in [0.05, 0.1) is 0 Å². The average molecular weight is 242 g/mol. The van der Waals surface area contributed by atoms with Gasteiger partial charge in [-0.1, -0.05) is 0 Å². The number of rotatable bonds is 0. The van der Waals surface area contributed by atoms with E-state index in [0.717, 1.165) is 0 Å². The first-order valence-corrected chi connectivity index (χ1v) is 3.74. The Morgan fingerprint density at radius 3 is 1.07 bits per heavy atom. The Labute approximate surface area is 101 Å². The molecule has 0 bridgehead atoms. The topological polar surface area (TPSA) is 39.8 Å². The van der Waals surface area contributed by atoms with Crippen LogP contribution in [0.2, 0.25) is 0 Å². The predicted molar refractivity (Wildman–Crippen MR) is 51.9 cm³/mol. The summed E-state index contributed by atoms with van der Waals surface area (Å²) in [5.74, 6) is 0. The van der Waals surface area contributed by atoms with Gasteiger partial charge in [-0.2, -0.15) is 18.2 Å². The van der Waals surface area contributed by atoms with Crippen molar-refractivity contribution in [3.05, 3.63) is 74.0 Å². The van der Waals surface area contributed by atoms with E-state index in [2.05, 4.69) is 13.3 Å². The fraction of sp³-hybridized carbons (Fsp3) is 0. The van der Waals surface area contributed by atoms with Crippen LogP contribution in [0.1, 0.15) is 0 Å². The van der Waals surface area contributed by atoms with E-state index in [9.17, 15) is 0 Å². The Hall–Kier alpha value is -1.30. The normalized spacial score (nSPS) is 5.60. The van der Waals surface area contributed by atoms with Gasteiger partial charge in [-0.05, 0) is 0 Å². The second-order valence-electron chi connectivity index (χ2n) is 1.92. The van der Waals surface area contributed by atoms with E-state index in [0.29, 0.717) is 0 Å². The van der Waals surface area contributed by atoms with E-state index in [1.54, 1.807) is 0 Å². The Kier molecular flexibility index (Phi) is 29.6. The van der Waals surface area contributed by atoms with Gasteiger partial charge in [0.15, 0.2) is 0 Å². The molecule has 0 saturated carbocycles. The van der Waals surface area contributed by atoms with E-state index < -0.39 is 0 Å². The molecule has 2 rings (SSSR count). The Morgan fingerprint density at radius 2 is 0.933 bits per heavy atom. The van der Waals surface area contributed by atoms with Gasteiger partial charge in [-0.15, -0.1) is 0 Å². The monoisotopic (exact) mass is 242 g/mol. The van der Waals surface area contributed by atoms with Gasteiger partial charge in [-0.3, -0.25) is 0 Å². The third-order valence-electron chi connectivity index (χ3n) is 1.11. The first-order valence-electron chi connectivity index (χ1n) is 3.74. The van der Waals surface area contributed by atoms with Crippen LogP contribution < -0.4 is 0 Å². The molecule has 0 atom stereocenters. The van der Waals surface area contributed by atoms with Gasteiger partial charge in [0.2, 0.25) is 0 Å². The molecule has 0 aliphatic carbocycles. The van der Waals surface area contributed by atoms with E-state index in [-0.39, 0.29) is 17.1 Å². The van der Waals surface area contributed by atoms with Crippen LogP contribution in [0.5, 0.6) is 0 Å². The molecule has 0 amide bonds. The summed E-state index contributed by atoms with van der Waals surface area (Å²) in [6.45, 7) is 9.00. The van der Waals surface area contributed by atoms with Gasteiger partial charge in [0.1, 0.15) is 0 Å². The molecule has 0 fully saturated rings. The van der Waals surface area contributed by atoms with Gasteiger partial charge >= 0.3 is 22.6 Å². The zero-order chi connectivity index (χ0) is 11.1. The van der Waals surface area contributed by atoms with E-state index in [1.165, 1.54) is 0 Å². The molecule has 0 aliphatic heterocycles. The first-order chi connectivity index (χ1) is 7.00. The zero-order valence-corrected chi connectivity index (χ0v) is 9.05. The molecule has 0 saturated heterocycles. The standard InChI is InChI=1S/2C5H5.2CO.Fe/c2*1-2-4-5-3-1;2*1-2;/h2*1-5H;;;/q-5;-1;;;. The van der Waals surface area contributed by atoms with Crippen molar-refractivity contribution in [2.75, 3.05) is 0 Å². The summed E-state index contributed by atoms with van der Waals surface area (Å²) < 4.78 is 15.0. The third-order valence-corrected chi connectivity index (χ3v) is 1.11. The molecule has 84 valence electrons. The third kappa shape index (κ3) is 19.2. The van der Waals surface area contributed by atoms with Crippen LogP contribution in [0, 0.1) is 13.3 Å². The predicted octanol–water partition coefficient (Wildman–Crippen LogP) is 2.73. The largest absolute Gasteiger partial charge is 0.748 e. The molecule has 0 unspecified atom stereocenters. The van der Waals surface area contributed by atoms with Crippen molar-refractivity contribution in [1.29, 1.82) is 0 Å². The summed E-state index contributed by atoms with van der Waals surface area (Å²) in [4.78, 5) is 0. The summed E-state index contributed by atoms with van der Waals surface area (Å²) in [6, 6.07) is 20.0. The van der Waals surface area contributed by atoms with Gasteiger partial charge in [-0.25, -0.2) is 12.1 Å². The molecule has 0 N–H and O–H groups in total. The minimum atomic E-state index is 0. The molecule has 0 heterocycles. The quantitative estimate of drug-likeness (QED) is 0.387. The van der Waals surface area contributed by atoms with Gasteiger partial charge < -0.3 is 30.3 Å². The summed E-state index contributed by atoms with van der Waals surface area (Å²) in [5.41, 5.74) is 0. The van der Waals surface area contributed by atoms with Crippen molar-refractivity contribution in [3.8, 4) is 0 Å². The SMILES string of the molecule is [C-]#[O+].[C-]#[O+].[Fe].[cH-]1[cH-][cH-][cH-][cH-]1.c1cc[cH-]c1. The molecule has 3 heteroatoms. The van der Waals surface area contributed by atoms with Crippen LogP contribution in [0.15, 0.2) is 60.7 Å². The van der Waals surface area contributed by atoms with Crippen molar-refractivity contribution in [2.24, 2.45) is 0 Å². The van der Waals surface area contributed by atoms with Gasteiger partial charge in [0, 0.05) is 17.1 Å². The van der Waals surface area contributed by atoms with Crippen LogP contribution in [-0.2, 0) is 26.4 Å². The molecule has 2 aromatic rings. The maximum Gasteiger partial charge on any atom is 0 e. The summed E-state index contributed by atoms with van der Waals surface area (Å²) >= 11 is 0. The molecular weight excluding hydrogens is 232 g/mol. The zero-order valence-electron chi connectivity index (χ0n) is 7.94. The second-order valence-corrected chi connectivity index (χ2v) is 1.92. The summed E-state index contributed by atoms with van der Waals surface area (Å²) in [5, 5.41) is 0. The van der Waals surface area contributed by atoms with E-state index in [1.807, 2.05) is 60.7 Å². The molecule has 0 spiro atoms. The maximum absolute atomic E-state index is 7.50. The Bertz CT molecular complexity index is 213. The Balaban J connectivity index is -0.000000138. The molecule has 15 heavy (non-hydrogen) atoms. The van der Waals surface area contributed by atoms with Crippen LogP contribution in [0.3, 0.4) is 0 Å². The minimum absolute atomic E-state index is 0. The molecule has 2 nitrogen and oxygen atoms in total. The van der Waals surface area contributed by atoms with Crippen LogP contribution >= 0.6 is 0 Å². The van der Waals surface area contributed by atoms with Gasteiger partial charge in [0.25, 0.3) is 0 Å². The molecular formula is C12H10FeO2-6. The summed E-state index contributed by atoms with van der Waals surface area (Å²) in [6.07, 6.45) is 0. The first kappa shape index (κ1) is 19.3. The van der Waals surface area contributed by atoms with Crippen molar-refractivity contribution in [2.45, 2.75) is 0 Å². The van der Waals surface area contributed by atoms with Crippen molar-refractivity contribution in [1.82, 2.24) is 0 Å². The molecule has 2 aromatic carbocycles. The van der Waals surface area contributed by atoms with E-state index in [4.69, 9.17) is 9.30 Å². The fourth-order valence-corrected chi connectivity index (χ4v) is 0.642. The van der Waals surface area contributed by atoms with Crippen molar-refractivity contribution in [3.63, 3.8) is 0 Å². The van der Waals surface area contributed by atoms with Crippen molar-refractivity contribution < 1.29 is 26.4 Å². The van der Waals surface area contributed by atoms with E-state index >= 15 is 0 Å². The molecule has 0 aliphatic rings. The second kappa shape index (κ2) is 23.0.